The summed E-state index contributed by atoms with van der Waals surface area (Å²) in [7, 11) is 0. The van der Waals surface area contributed by atoms with Gasteiger partial charge in [-0.1, -0.05) is 0 Å². The number of thiazole rings is 1. The quantitative estimate of drug-likeness (QED) is 0.838. The van der Waals surface area contributed by atoms with Crippen LogP contribution in [0.15, 0.2) is 5.38 Å². The third-order valence-corrected chi connectivity index (χ3v) is 6.97. The smallest absolute Gasteiger partial charge is 0.249 e. The maximum atomic E-state index is 12.5. The van der Waals surface area contributed by atoms with Gasteiger partial charge in [0.15, 0.2) is 0 Å². The van der Waals surface area contributed by atoms with Crippen molar-refractivity contribution in [2.45, 2.75) is 63.2 Å². The van der Waals surface area contributed by atoms with Gasteiger partial charge in [0, 0.05) is 18.5 Å². The minimum Gasteiger partial charge on any atom is -0.389 e. The Kier molecular flexibility index (Phi) is 4.98. The average molecular weight is 394 g/mol. The van der Waals surface area contributed by atoms with Crippen LogP contribution in [0.25, 0.3) is 0 Å². The van der Waals surface area contributed by atoms with Gasteiger partial charge in [0.25, 0.3) is 0 Å². The van der Waals surface area contributed by atoms with E-state index in [1.807, 2.05) is 22.1 Å². The summed E-state index contributed by atoms with van der Waals surface area (Å²) < 4.78 is 5.96. The molecular weight excluding hydrogens is 366 g/mol. The van der Waals surface area contributed by atoms with Crippen LogP contribution in [-0.2, 0) is 20.9 Å². The second-order valence-corrected chi connectivity index (χ2v) is 9.28. The molecular formula is C19H27N3O4S. The van der Waals surface area contributed by atoms with Gasteiger partial charge >= 0.3 is 0 Å². The molecule has 1 aliphatic carbocycles. The summed E-state index contributed by atoms with van der Waals surface area (Å²) in [6, 6.07) is 0. The Hall–Kier alpha value is -1.51. The normalized spacial score (nSPS) is 24.1. The number of carbonyl (C=O) groups excluding carboxylic acids is 2. The molecule has 8 heteroatoms. The first-order chi connectivity index (χ1) is 12.9. The largest absolute Gasteiger partial charge is 0.389 e. The topological polar surface area (TPSA) is 83.0 Å². The van der Waals surface area contributed by atoms with Gasteiger partial charge in [-0.2, -0.15) is 0 Å². The van der Waals surface area contributed by atoms with Crippen molar-refractivity contribution in [3.05, 3.63) is 16.1 Å². The van der Waals surface area contributed by atoms with Crippen LogP contribution in [0.3, 0.4) is 0 Å². The molecule has 0 unspecified atom stereocenters. The molecule has 3 fully saturated rings. The molecule has 2 aliphatic heterocycles. The highest BCUT2D eigenvalue weighted by Crippen LogP contribution is 2.36. The van der Waals surface area contributed by atoms with E-state index in [1.165, 1.54) is 0 Å². The maximum absolute atomic E-state index is 12.5. The van der Waals surface area contributed by atoms with Gasteiger partial charge in [-0.3, -0.25) is 9.59 Å². The number of aromatic nitrogens is 1. The fourth-order valence-corrected chi connectivity index (χ4v) is 4.83. The van der Waals surface area contributed by atoms with E-state index >= 15 is 0 Å². The summed E-state index contributed by atoms with van der Waals surface area (Å²) in [6.07, 6.45) is 4.13. The number of carbonyl (C=O) groups is 2. The van der Waals surface area contributed by atoms with E-state index in [-0.39, 0.29) is 30.4 Å². The Morgan fingerprint density at radius 1 is 1.33 bits per heavy atom. The average Bonchev–Trinajstić information content (AvgIpc) is 3.02. The predicted molar refractivity (Wildman–Crippen MR) is 100 cm³/mol. The lowest BCUT2D eigenvalue weighted by Gasteiger charge is -2.47. The Bertz CT molecular complexity index is 722. The molecule has 0 aromatic carbocycles. The Morgan fingerprint density at radius 3 is 2.67 bits per heavy atom. The molecule has 1 saturated carbocycles. The Labute approximate surface area is 163 Å². The molecule has 27 heavy (non-hydrogen) atoms. The van der Waals surface area contributed by atoms with E-state index in [9.17, 15) is 14.7 Å². The van der Waals surface area contributed by atoms with Gasteiger partial charge in [-0.15, -0.1) is 11.3 Å². The van der Waals surface area contributed by atoms with E-state index in [4.69, 9.17) is 4.74 Å². The van der Waals surface area contributed by atoms with Gasteiger partial charge in [0.05, 0.1) is 41.4 Å². The molecule has 1 spiro atoms. The molecule has 0 atom stereocenters. The zero-order chi connectivity index (χ0) is 19.1. The van der Waals surface area contributed by atoms with Gasteiger partial charge in [0.2, 0.25) is 11.8 Å². The number of hydrogen-bond donors (Lipinski definition) is 1. The predicted octanol–water partition coefficient (Wildman–Crippen LogP) is 1.48. The molecule has 2 amide bonds. The summed E-state index contributed by atoms with van der Waals surface area (Å²) in [6.45, 7) is 4.36. The summed E-state index contributed by atoms with van der Waals surface area (Å²) in [5, 5.41) is 13.2. The molecule has 0 radical (unpaired) electrons. The van der Waals surface area contributed by atoms with Crippen LogP contribution in [0.1, 0.15) is 49.2 Å². The number of aliphatic hydroxyl groups is 1. The second kappa shape index (κ2) is 7.14. The van der Waals surface area contributed by atoms with Crippen molar-refractivity contribution in [1.82, 2.24) is 14.8 Å². The van der Waals surface area contributed by atoms with Crippen molar-refractivity contribution < 1.29 is 19.4 Å². The highest BCUT2D eigenvalue weighted by atomic mass is 32.1. The van der Waals surface area contributed by atoms with Gasteiger partial charge in [0.1, 0.15) is 6.61 Å². The van der Waals surface area contributed by atoms with Crippen molar-refractivity contribution >= 4 is 23.2 Å². The van der Waals surface area contributed by atoms with E-state index in [2.05, 4.69) is 4.98 Å². The number of nitrogens with zero attached hydrogens (tertiary/aromatic N) is 3. The van der Waals surface area contributed by atoms with Crippen LogP contribution in [0, 0.1) is 6.92 Å². The number of likely N-dealkylation sites (tertiary alicyclic amines) is 1. The van der Waals surface area contributed by atoms with Crippen LogP contribution in [0.4, 0.5) is 0 Å². The Balaban J connectivity index is 1.34. The van der Waals surface area contributed by atoms with Crippen LogP contribution in [-0.4, -0.2) is 69.1 Å². The molecule has 4 rings (SSSR count). The molecule has 0 bridgehead atoms. The van der Waals surface area contributed by atoms with Gasteiger partial charge in [-0.25, -0.2) is 4.98 Å². The molecule has 2 saturated heterocycles. The third-order valence-electron chi connectivity index (χ3n) is 6.14. The fourth-order valence-electron chi connectivity index (χ4n) is 4.23. The minimum absolute atomic E-state index is 0.00279. The lowest BCUT2D eigenvalue weighted by Crippen LogP contribution is -2.59. The zero-order valence-electron chi connectivity index (χ0n) is 15.8. The lowest BCUT2D eigenvalue weighted by molar-refractivity contribution is -0.175. The zero-order valence-corrected chi connectivity index (χ0v) is 16.6. The number of amides is 2. The summed E-state index contributed by atoms with van der Waals surface area (Å²) in [5.41, 5.74) is -0.227. The van der Waals surface area contributed by atoms with Crippen molar-refractivity contribution in [3.8, 4) is 0 Å². The van der Waals surface area contributed by atoms with E-state index in [1.54, 1.807) is 11.3 Å². The number of morpholine rings is 1. The molecule has 1 N–H and O–H groups in total. The SMILES string of the molecule is Cc1nc(CN2CC3(CCN(C(=O)CC4(O)CCC4)CC3)OCC2=O)cs1. The van der Waals surface area contributed by atoms with Crippen molar-refractivity contribution in [1.29, 1.82) is 0 Å². The summed E-state index contributed by atoms with van der Waals surface area (Å²) in [5.74, 6) is 0.0331. The maximum Gasteiger partial charge on any atom is 0.249 e. The number of ether oxygens (including phenoxy) is 1. The molecule has 7 nitrogen and oxygen atoms in total. The Morgan fingerprint density at radius 2 is 2.07 bits per heavy atom. The van der Waals surface area contributed by atoms with Crippen molar-refractivity contribution in [2.24, 2.45) is 0 Å². The highest BCUT2D eigenvalue weighted by molar-refractivity contribution is 7.09. The molecule has 1 aromatic heterocycles. The highest BCUT2D eigenvalue weighted by Gasteiger charge is 2.44. The lowest BCUT2D eigenvalue weighted by atomic mass is 9.77. The van der Waals surface area contributed by atoms with E-state index in [0.29, 0.717) is 26.2 Å². The molecule has 1 aromatic rings. The van der Waals surface area contributed by atoms with E-state index in [0.717, 1.165) is 42.8 Å². The number of rotatable bonds is 4. The summed E-state index contributed by atoms with van der Waals surface area (Å²) >= 11 is 1.59. The van der Waals surface area contributed by atoms with Crippen molar-refractivity contribution in [2.75, 3.05) is 26.2 Å². The first-order valence-electron chi connectivity index (χ1n) is 9.69. The van der Waals surface area contributed by atoms with Crippen LogP contribution in [0.5, 0.6) is 0 Å². The fraction of sp³-hybridized carbons (Fsp3) is 0.737. The summed E-state index contributed by atoms with van der Waals surface area (Å²) in [4.78, 5) is 32.9. The minimum atomic E-state index is -0.775. The standard InChI is InChI=1S/C19H27N3O4S/c1-14-20-15(12-27-14)10-22-13-19(26-11-17(22)24)5-7-21(8-6-19)16(23)9-18(25)3-2-4-18/h12,25H,2-11,13H2,1H3. The third kappa shape index (κ3) is 4.02. The first kappa shape index (κ1) is 18.8. The van der Waals surface area contributed by atoms with Crippen molar-refractivity contribution in [3.63, 3.8) is 0 Å². The monoisotopic (exact) mass is 393 g/mol. The number of piperidine rings is 1. The molecule has 3 heterocycles. The molecule has 3 aliphatic rings. The first-order valence-corrected chi connectivity index (χ1v) is 10.6. The number of aryl methyl sites for hydroxylation is 1. The van der Waals surface area contributed by atoms with Crippen LogP contribution >= 0.6 is 11.3 Å². The second-order valence-electron chi connectivity index (χ2n) is 8.21. The number of hydrogen-bond acceptors (Lipinski definition) is 6. The van der Waals surface area contributed by atoms with E-state index < -0.39 is 5.60 Å². The van der Waals surface area contributed by atoms with Gasteiger partial charge in [-0.05, 0) is 39.0 Å². The molecule has 148 valence electrons. The van der Waals surface area contributed by atoms with Crippen LogP contribution in [0.2, 0.25) is 0 Å². The van der Waals surface area contributed by atoms with Crippen LogP contribution < -0.4 is 0 Å². The van der Waals surface area contributed by atoms with Gasteiger partial charge < -0.3 is 19.6 Å².